The van der Waals surface area contributed by atoms with E-state index in [-0.39, 0.29) is 11.8 Å². The van der Waals surface area contributed by atoms with Crippen LogP contribution in [0, 0.1) is 0 Å². The smallest absolute Gasteiger partial charge is 0.255 e. The van der Waals surface area contributed by atoms with Crippen molar-refractivity contribution in [2.75, 3.05) is 12.4 Å². The van der Waals surface area contributed by atoms with Crippen LogP contribution in [0.2, 0.25) is 0 Å². The molecule has 0 spiro atoms. The van der Waals surface area contributed by atoms with Gasteiger partial charge in [0.2, 0.25) is 0 Å². The lowest BCUT2D eigenvalue weighted by atomic mass is 10.1. The molecular weight excluding hydrogens is 278 g/mol. The van der Waals surface area contributed by atoms with Gasteiger partial charge in [0.15, 0.2) is 0 Å². The topological polar surface area (TPSA) is 70.2 Å². The predicted octanol–water partition coefficient (Wildman–Crippen LogP) is 1.90. The number of hydrogen-bond acceptors (Lipinski definition) is 3. The highest BCUT2D eigenvalue weighted by atomic mass is 16.2. The maximum Gasteiger partial charge on any atom is 0.255 e. The largest absolute Gasteiger partial charge is 0.355 e. The number of carbonyl (C=O) groups excluding carboxylic acids is 2. The van der Waals surface area contributed by atoms with Crippen LogP contribution < -0.4 is 16.0 Å². The van der Waals surface area contributed by atoms with Crippen LogP contribution in [0.25, 0.3) is 0 Å². The summed E-state index contributed by atoms with van der Waals surface area (Å²) in [5.74, 6) is -0.435. The minimum absolute atomic E-state index is 0.210. The van der Waals surface area contributed by atoms with Gasteiger partial charge in [0.25, 0.3) is 11.8 Å². The van der Waals surface area contributed by atoms with Crippen LogP contribution in [0.4, 0.5) is 5.69 Å². The number of carbonyl (C=O) groups is 2. The van der Waals surface area contributed by atoms with Gasteiger partial charge in [0.05, 0.1) is 0 Å². The van der Waals surface area contributed by atoms with Crippen molar-refractivity contribution in [3.63, 3.8) is 0 Å². The molecule has 22 heavy (non-hydrogen) atoms. The molecule has 1 aliphatic rings. The Bertz CT molecular complexity index is 740. The van der Waals surface area contributed by atoms with Crippen LogP contribution in [0.5, 0.6) is 0 Å². The van der Waals surface area contributed by atoms with E-state index in [9.17, 15) is 9.59 Å². The summed E-state index contributed by atoms with van der Waals surface area (Å²) in [6, 6.07) is 12.6. The van der Waals surface area contributed by atoms with Crippen molar-refractivity contribution < 1.29 is 9.59 Å². The predicted molar refractivity (Wildman–Crippen MR) is 84.8 cm³/mol. The summed E-state index contributed by atoms with van der Waals surface area (Å²) in [6.07, 6.45) is 0. The van der Waals surface area contributed by atoms with E-state index in [0.717, 1.165) is 18.8 Å². The van der Waals surface area contributed by atoms with Gasteiger partial charge in [-0.2, -0.15) is 0 Å². The number of anilines is 1. The monoisotopic (exact) mass is 295 g/mol. The van der Waals surface area contributed by atoms with E-state index in [1.165, 1.54) is 11.1 Å². The first-order valence-electron chi connectivity index (χ1n) is 7.13. The van der Waals surface area contributed by atoms with E-state index in [0.29, 0.717) is 11.1 Å². The highest BCUT2D eigenvalue weighted by molar-refractivity contribution is 6.06. The fourth-order valence-corrected chi connectivity index (χ4v) is 2.52. The molecule has 5 heteroatoms. The van der Waals surface area contributed by atoms with Crippen molar-refractivity contribution in [1.82, 2.24) is 10.6 Å². The number of rotatable bonds is 3. The zero-order valence-electron chi connectivity index (χ0n) is 12.3. The fourth-order valence-electron chi connectivity index (χ4n) is 2.52. The normalized spacial score (nSPS) is 12.6. The lowest BCUT2D eigenvalue weighted by Gasteiger charge is -2.08. The number of amides is 2. The van der Waals surface area contributed by atoms with Gasteiger partial charge in [-0.15, -0.1) is 0 Å². The van der Waals surface area contributed by atoms with Gasteiger partial charge in [-0.25, -0.2) is 0 Å². The molecule has 2 aromatic rings. The third-order valence-corrected chi connectivity index (χ3v) is 3.71. The molecule has 0 unspecified atom stereocenters. The van der Waals surface area contributed by atoms with E-state index in [2.05, 4.69) is 16.0 Å². The minimum Gasteiger partial charge on any atom is -0.355 e. The van der Waals surface area contributed by atoms with Gasteiger partial charge in [0, 0.05) is 37.0 Å². The van der Waals surface area contributed by atoms with Gasteiger partial charge in [-0.3, -0.25) is 9.59 Å². The van der Waals surface area contributed by atoms with Gasteiger partial charge < -0.3 is 16.0 Å². The lowest BCUT2D eigenvalue weighted by molar-refractivity contribution is 0.0963. The second-order valence-electron chi connectivity index (χ2n) is 5.20. The average Bonchev–Trinajstić information content (AvgIpc) is 3.02. The molecule has 0 atom stereocenters. The Morgan fingerprint density at radius 2 is 1.68 bits per heavy atom. The van der Waals surface area contributed by atoms with Crippen molar-refractivity contribution in [3.05, 3.63) is 64.7 Å². The second-order valence-corrected chi connectivity index (χ2v) is 5.20. The molecule has 2 amide bonds. The summed E-state index contributed by atoms with van der Waals surface area (Å²) in [5, 5.41) is 8.69. The van der Waals surface area contributed by atoms with Crippen molar-refractivity contribution >= 4 is 17.5 Å². The Hall–Kier alpha value is -2.66. The molecule has 112 valence electrons. The third kappa shape index (κ3) is 2.84. The zero-order valence-corrected chi connectivity index (χ0v) is 12.3. The molecule has 0 fully saturated rings. The summed E-state index contributed by atoms with van der Waals surface area (Å²) in [6.45, 7) is 1.70. The highest BCUT2D eigenvalue weighted by Gasteiger charge is 2.13. The Labute approximate surface area is 128 Å². The molecule has 3 rings (SSSR count). The number of nitrogens with one attached hydrogen (secondary N) is 3. The Balaban J connectivity index is 1.78. The van der Waals surface area contributed by atoms with Gasteiger partial charge >= 0.3 is 0 Å². The van der Waals surface area contributed by atoms with Gasteiger partial charge in [-0.05, 0) is 41.5 Å². The molecular formula is C17H17N3O2. The minimum atomic E-state index is -0.225. The Morgan fingerprint density at radius 3 is 2.45 bits per heavy atom. The van der Waals surface area contributed by atoms with Gasteiger partial charge in [0.1, 0.15) is 0 Å². The van der Waals surface area contributed by atoms with E-state index in [4.69, 9.17) is 0 Å². The fraction of sp³-hybridized carbons (Fsp3) is 0.176. The van der Waals surface area contributed by atoms with Crippen LogP contribution in [0.3, 0.4) is 0 Å². The lowest BCUT2D eigenvalue weighted by Crippen LogP contribution is -2.19. The third-order valence-electron chi connectivity index (χ3n) is 3.71. The van der Waals surface area contributed by atoms with Crippen LogP contribution >= 0.6 is 0 Å². The molecule has 5 nitrogen and oxygen atoms in total. The first-order chi connectivity index (χ1) is 10.7. The van der Waals surface area contributed by atoms with Crippen LogP contribution in [0.15, 0.2) is 42.5 Å². The molecule has 1 aliphatic heterocycles. The molecule has 0 aromatic heterocycles. The maximum atomic E-state index is 12.3. The summed E-state index contributed by atoms with van der Waals surface area (Å²) < 4.78 is 0. The van der Waals surface area contributed by atoms with E-state index in [1.54, 1.807) is 31.3 Å². The average molecular weight is 295 g/mol. The van der Waals surface area contributed by atoms with Crippen molar-refractivity contribution in [2.45, 2.75) is 13.1 Å². The first kappa shape index (κ1) is 14.3. The van der Waals surface area contributed by atoms with E-state index in [1.807, 2.05) is 18.2 Å². The van der Waals surface area contributed by atoms with Crippen LogP contribution in [-0.4, -0.2) is 18.9 Å². The Kier molecular flexibility index (Phi) is 3.89. The van der Waals surface area contributed by atoms with Crippen LogP contribution in [-0.2, 0) is 13.1 Å². The summed E-state index contributed by atoms with van der Waals surface area (Å²) in [4.78, 5) is 23.9. The molecule has 0 radical (unpaired) electrons. The van der Waals surface area contributed by atoms with E-state index >= 15 is 0 Å². The Morgan fingerprint density at radius 1 is 0.955 bits per heavy atom. The molecule has 2 aromatic carbocycles. The number of benzene rings is 2. The molecule has 1 heterocycles. The number of hydrogen-bond donors (Lipinski definition) is 3. The summed E-state index contributed by atoms with van der Waals surface area (Å²) in [7, 11) is 1.56. The second kappa shape index (κ2) is 5.99. The molecule has 0 bridgehead atoms. The van der Waals surface area contributed by atoms with Crippen molar-refractivity contribution in [1.29, 1.82) is 0 Å². The zero-order chi connectivity index (χ0) is 15.5. The maximum absolute atomic E-state index is 12.3. The van der Waals surface area contributed by atoms with Crippen molar-refractivity contribution in [3.8, 4) is 0 Å². The summed E-state index contributed by atoms with van der Waals surface area (Å²) in [5.41, 5.74) is 4.15. The molecule has 3 N–H and O–H groups in total. The van der Waals surface area contributed by atoms with E-state index < -0.39 is 0 Å². The first-order valence-corrected chi connectivity index (χ1v) is 7.13. The summed E-state index contributed by atoms with van der Waals surface area (Å²) >= 11 is 0. The SMILES string of the molecule is CNC(=O)c1cccc(C(=O)Nc2ccc3c(c2)CNC3)c1. The molecule has 0 saturated carbocycles. The van der Waals surface area contributed by atoms with Gasteiger partial charge in [-0.1, -0.05) is 12.1 Å². The molecule has 0 saturated heterocycles. The standard InChI is InChI=1S/C17H17N3O2/c1-18-16(21)11-3-2-4-12(7-11)17(22)20-15-6-5-13-9-19-10-14(13)8-15/h2-8,19H,9-10H2,1H3,(H,18,21)(H,20,22). The quantitative estimate of drug-likeness (QED) is 0.810. The molecule has 0 aliphatic carbocycles. The number of fused-ring (bicyclic) bond motifs is 1. The highest BCUT2D eigenvalue weighted by Crippen LogP contribution is 2.20. The van der Waals surface area contributed by atoms with Crippen molar-refractivity contribution in [2.24, 2.45) is 0 Å². The van der Waals surface area contributed by atoms with Crippen LogP contribution in [0.1, 0.15) is 31.8 Å².